The Labute approximate surface area is 78.0 Å². The van der Waals surface area contributed by atoms with Gasteiger partial charge in [0.05, 0.1) is 11.2 Å². The minimum Gasteiger partial charge on any atom is -0.321 e. The van der Waals surface area contributed by atoms with E-state index in [4.69, 9.17) is 5.73 Å². The first kappa shape index (κ1) is 8.51. The van der Waals surface area contributed by atoms with Crippen LogP contribution in [0, 0.1) is 13.8 Å². The van der Waals surface area contributed by atoms with E-state index in [1.807, 2.05) is 13.8 Å². The number of H-pyrrole nitrogens is 1. The van der Waals surface area contributed by atoms with Crippen LogP contribution < -0.4 is 5.73 Å². The molecule has 0 radical (unpaired) electrons. The molecule has 70 valence electrons. The van der Waals surface area contributed by atoms with Gasteiger partial charge in [-0.25, -0.2) is 0 Å². The lowest BCUT2D eigenvalue weighted by Crippen LogP contribution is -2.34. The zero-order valence-corrected chi connectivity index (χ0v) is 8.09. The Morgan fingerprint density at radius 1 is 1.38 bits per heavy atom. The van der Waals surface area contributed by atoms with Crippen molar-refractivity contribution >= 4 is 0 Å². The van der Waals surface area contributed by atoms with Crippen molar-refractivity contribution in [3.63, 3.8) is 0 Å². The van der Waals surface area contributed by atoms with Gasteiger partial charge >= 0.3 is 0 Å². The van der Waals surface area contributed by atoms with E-state index >= 15 is 0 Å². The standard InChI is InChI=1S/C10H15N3/c1-7-9(8(2)13-12-7)10(11)5-3-4-6-10/h3-4H,5-6,11H2,1-2H3,(H,12,13). The Morgan fingerprint density at radius 2 is 2.00 bits per heavy atom. The predicted octanol–water partition coefficient (Wildman–Crippen LogP) is 1.53. The molecule has 0 bridgehead atoms. The summed E-state index contributed by atoms with van der Waals surface area (Å²) >= 11 is 0. The summed E-state index contributed by atoms with van der Waals surface area (Å²) in [5, 5.41) is 7.15. The summed E-state index contributed by atoms with van der Waals surface area (Å²) in [5.74, 6) is 0. The average Bonchev–Trinajstić information content (AvgIpc) is 2.60. The molecule has 2 rings (SSSR count). The van der Waals surface area contributed by atoms with E-state index in [-0.39, 0.29) is 5.54 Å². The molecule has 0 aliphatic heterocycles. The van der Waals surface area contributed by atoms with E-state index in [2.05, 4.69) is 22.3 Å². The topological polar surface area (TPSA) is 54.7 Å². The van der Waals surface area contributed by atoms with Crippen LogP contribution in [0.2, 0.25) is 0 Å². The first-order valence-electron chi connectivity index (χ1n) is 4.59. The van der Waals surface area contributed by atoms with Crippen LogP contribution in [-0.2, 0) is 5.54 Å². The molecule has 0 aromatic carbocycles. The van der Waals surface area contributed by atoms with Crippen LogP contribution in [0.1, 0.15) is 29.8 Å². The molecule has 0 saturated carbocycles. The van der Waals surface area contributed by atoms with Crippen molar-refractivity contribution in [2.24, 2.45) is 5.73 Å². The van der Waals surface area contributed by atoms with Gasteiger partial charge in [0.2, 0.25) is 0 Å². The van der Waals surface area contributed by atoms with E-state index in [0.717, 1.165) is 24.2 Å². The molecule has 0 unspecified atom stereocenters. The molecule has 3 nitrogen and oxygen atoms in total. The quantitative estimate of drug-likeness (QED) is 0.639. The van der Waals surface area contributed by atoms with E-state index in [9.17, 15) is 0 Å². The summed E-state index contributed by atoms with van der Waals surface area (Å²) in [4.78, 5) is 0. The number of hydrogen-bond acceptors (Lipinski definition) is 2. The van der Waals surface area contributed by atoms with Gasteiger partial charge in [0, 0.05) is 11.3 Å². The number of hydrogen-bond donors (Lipinski definition) is 2. The first-order valence-corrected chi connectivity index (χ1v) is 4.59. The molecule has 0 spiro atoms. The fraction of sp³-hybridized carbons (Fsp3) is 0.500. The largest absolute Gasteiger partial charge is 0.321 e. The van der Waals surface area contributed by atoms with Crippen molar-refractivity contribution in [2.45, 2.75) is 32.2 Å². The van der Waals surface area contributed by atoms with Gasteiger partial charge in [-0.1, -0.05) is 12.2 Å². The molecule has 1 aliphatic carbocycles. The maximum Gasteiger partial charge on any atom is 0.0644 e. The van der Waals surface area contributed by atoms with E-state index < -0.39 is 0 Å². The lowest BCUT2D eigenvalue weighted by atomic mass is 9.87. The fourth-order valence-corrected chi connectivity index (χ4v) is 2.16. The fourth-order valence-electron chi connectivity index (χ4n) is 2.16. The number of aryl methyl sites for hydroxylation is 2. The zero-order valence-electron chi connectivity index (χ0n) is 8.09. The van der Waals surface area contributed by atoms with Gasteiger partial charge in [-0.15, -0.1) is 0 Å². The molecule has 13 heavy (non-hydrogen) atoms. The molecule has 1 aliphatic rings. The highest BCUT2D eigenvalue weighted by molar-refractivity contribution is 5.34. The van der Waals surface area contributed by atoms with Crippen molar-refractivity contribution in [3.8, 4) is 0 Å². The van der Waals surface area contributed by atoms with Crippen LogP contribution in [-0.4, -0.2) is 10.2 Å². The van der Waals surface area contributed by atoms with Crippen LogP contribution >= 0.6 is 0 Å². The molecular weight excluding hydrogens is 162 g/mol. The summed E-state index contributed by atoms with van der Waals surface area (Å²) in [7, 11) is 0. The van der Waals surface area contributed by atoms with Crippen molar-refractivity contribution in [3.05, 3.63) is 29.1 Å². The highest BCUT2D eigenvalue weighted by Gasteiger charge is 2.32. The van der Waals surface area contributed by atoms with E-state index in [0.29, 0.717) is 0 Å². The molecule has 0 amide bonds. The normalized spacial score (nSPS) is 19.6. The van der Waals surface area contributed by atoms with Gasteiger partial charge in [0.15, 0.2) is 0 Å². The maximum absolute atomic E-state index is 6.30. The number of aromatic nitrogens is 2. The highest BCUT2D eigenvalue weighted by Crippen LogP contribution is 2.34. The number of nitrogens with zero attached hydrogens (tertiary/aromatic N) is 1. The monoisotopic (exact) mass is 177 g/mol. The van der Waals surface area contributed by atoms with Crippen LogP contribution in [0.25, 0.3) is 0 Å². The summed E-state index contributed by atoms with van der Waals surface area (Å²) in [5.41, 5.74) is 9.42. The Bertz CT molecular complexity index is 322. The molecule has 1 heterocycles. The van der Waals surface area contributed by atoms with Gasteiger partial charge < -0.3 is 5.73 Å². The second-order valence-corrected chi connectivity index (χ2v) is 3.84. The first-order chi connectivity index (χ1) is 6.13. The third kappa shape index (κ3) is 1.20. The average molecular weight is 177 g/mol. The number of aromatic amines is 1. The Balaban J connectivity index is 2.45. The van der Waals surface area contributed by atoms with Crippen molar-refractivity contribution in [1.82, 2.24) is 10.2 Å². The van der Waals surface area contributed by atoms with Gasteiger partial charge in [-0.3, -0.25) is 5.10 Å². The number of rotatable bonds is 1. The summed E-state index contributed by atoms with van der Waals surface area (Å²) in [6.07, 6.45) is 6.14. The van der Waals surface area contributed by atoms with Gasteiger partial charge in [-0.05, 0) is 26.7 Å². The SMILES string of the molecule is Cc1n[nH]c(C)c1C1(N)CC=CC1. The molecule has 0 atom stereocenters. The van der Waals surface area contributed by atoms with Crippen molar-refractivity contribution in [2.75, 3.05) is 0 Å². The molecule has 0 fully saturated rings. The second-order valence-electron chi connectivity index (χ2n) is 3.84. The van der Waals surface area contributed by atoms with Gasteiger partial charge in [0.25, 0.3) is 0 Å². The van der Waals surface area contributed by atoms with Crippen LogP contribution in [0.3, 0.4) is 0 Å². The maximum atomic E-state index is 6.30. The summed E-state index contributed by atoms with van der Waals surface area (Å²) in [6, 6.07) is 0. The summed E-state index contributed by atoms with van der Waals surface area (Å²) in [6.45, 7) is 4.04. The Hall–Kier alpha value is -1.09. The Morgan fingerprint density at radius 3 is 2.46 bits per heavy atom. The molecule has 3 heteroatoms. The minimum absolute atomic E-state index is 0.207. The van der Waals surface area contributed by atoms with Gasteiger partial charge in [-0.2, -0.15) is 5.10 Å². The third-order valence-electron chi connectivity index (χ3n) is 2.76. The smallest absolute Gasteiger partial charge is 0.0644 e. The molecular formula is C10H15N3. The zero-order chi connectivity index (χ0) is 9.47. The molecule has 3 N–H and O–H groups in total. The van der Waals surface area contributed by atoms with Crippen LogP contribution in [0.5, 0.6) is 0 Å². The molecule has 0 saturated heterocycles. The Kier molecular flexibility index (Phi) is 1.77. The van der Waals surface area contributed by atoms with Crippen molar-refractivity contribution in [1.29, 1.82) is 0 Å². The van der Waals surface area contributed by atoms with Crippen LogP contribution in [0.15, 0.2) is 12.2 Å². The molecule has 1 aromatic heterocycles. The van der Waals surface area contributed by atoms with Gasteiger partial charge in [0.1, 0.15) is 0 Å². The molecule has 1 aromatic rings. The van der Waals surface area contributed by atoms with E-state index in [1.165, 1.54) is 5.56 Å². The summed E-state index contributed by atoms with van der Waals surface area (Å²) < 4.78 is 0. The highest BCUT2D eigenvalue weighted by atomic mass is 15.1. The lowest BCUT2D eigenvalue weighted by Gasteiger charge is -2.24. The van der Waals surface area contributed by atoms with Crippen LogP contribution in [0.4, 0.5) is 0 Å². The minimum atomic E-state index is -0.207. The number of nitrogens with two attached hydrogens (primary N) is 1. The lowest BCUT2D eigenvalue weighted by molar-refractivity contribution is 0.475. The predicted molar refractivity (Wildman–Crippen MR) is 52.3 cm³/mol. The van der Waals surface area contributed by atoms with E-state index in [1.54, 1.807) is 0 Å². The number of nitrogens with one attached hydrogen (secondary N) is 1. The third-order valence-corrected chi connectivity index (χ3v) is 2.76. The van der Waals surface area contributed by atoms with Crippen molar-refractivity contribution < 1.29 is 0 Å². The second kappa shape index (κ2) is 2.70.